The summed E-state index contributed by atoms with van der Waals surface area (Å²) in [6.45, 7) is 0.168. The lowest BCUT2D eigenvalue weighted by molar-refractivity contribution is -0.129. The van der Waals surface area contributed by atoms with Crippen molar-refractivity contribution in [1.29, 1.82) is 0 Å². The van der Waals surface area contributed by atoms with Crippen molar-refractivity contribution in [3.63, 3.8) is 0 Å². The number of ether oxygens (including phenoxy) is 3. The van der Waals surface area contributed by atoms with E-state index in [0.29, 0.717) is 22.7 Å². The van der Waals surface area contributed by atoms with Crippen LogP contribution < -0.4 is 14.4 Å². The van der Waals surface area contributed by atoms with Crippen LogP contribution in [0.1, 0.15) is 5.56 Å². The van der Waals surface area contributed by atoms with Crippen molar-refractivity contribution >= 4 is 52.2 Å². The second-order valence-electron chi connectivity index (χ2n) is 6.50. The second-order valence-corrected chi connectivity index (χ2v) is 7.67. The van der Waals surface area contributed by atoms with Gasteiger partial charge in [-0.05, 0) is 58.5 Å². The van der Waals surface area contributed by atoms with Crippen molar-refractivity contribution in [3.05, 3.63) is 57.2 Å². The van der Waals surface area contributed by atoms with Crippen molar-refractivity contribution in [2.45, 2.75) is 0 Å². The lowest BCUT2D eigenvalue weighted by Gasteiger charge is -2.33. The first kappa shape index (κ1) is 22.8. The molecule has 0 spiro atoms. The van der Waals surface area contributed by atoms with Crippen LogP contribution in [-0.2, 0) is 14.3 Å². The Bertz CT molecular complexity index is 1040. The molecule has 0 aliphatic carbocycles. The number of carbonyl (C=O) groups excluding carboxylic acids is 3. The molecule has 0 unspecified atom stereocenters. The molecule has 1 saturated heterocycles. The number of hydrogen-bond donors (Lipinski definition) is 0. The van der Waals surface area contributed by atoms with Gasteiger partial charge in [-0.15, -0.1) is 0 Å². The van der Waals surface area contributed by atoms with E-state index in [0.717, 1.165) is 13.4 Å². The van der Waals surface area contributed by atoms with E-state index < -0.39 is 17.8 Å². The van der Waals surface area contributed by atoms with Crippen LogP contribution in [-0.4, -0.2) is 57.2 Å². The lowest BCUT2D eigenvalue weighted by Crippen LogP contribution is -2.57. The van der Waals surface area contributed by atoms with Crippen LogP contribution in [0.25, 0.3) is 6.08 Å². The first-order valence-corrected chi connectivity index (χ1v) is 10.4. The third kappa shape index (κ3) is 4.57. The van der Waals surface area contributed by atoms with Gasteiger partial charge < -0.3 is 14.2 Å². The van der Waals surface area contributed by atoms with Gasteiger partial charge in [-0.3, -0.25) is 14.5 Å². The highest BCUT2D eigenvalue weighted by Gasteiger charge is 2.42. The zero-order valence-corrected chi connectivity index (χ0v) is 19.4. The number of hydrogen-bond acceptors (Lipinski definition) is 6. The largest absolute Gasteiger partial charge is 0.493 e. The maximum Gasteiger partial charge on any atom is 0.338 e. The van der Waals surface area contributed by atoms with Gasteiger partial charge in [0.05, 0.1) is 36.6 Å². The maximum atomic E-state index is 13.2. The number of nitrogens with zero attached hydrogens (tertiary/aromatic N) is 2. The average molecular weight is 536 g/mol. The molecule has 2 aromatic rings. The van der Waals surface area contributed by atoms with Crippen molar-refractivity contribution in [2.24, 2.45) is 0 Å². The Labute approximate surface area is 193 Å². The molecule has 0 N–H and O–H groups in total. The number of amides is 4. The molecule has 9 heteroatoms. The summed E-state index contributed by atoms with van der Waals surface area (Å²) < 4.78 is 16.5. The number of urea groups is 1. The lowest BCUT2D eigenvalue weighted by atomic mass is 10.0. The Morgan fingerprint density at radius 1 is 0.968 bits per heavy atom. The van der Waals surface area contributed by atoms with E-state index in [1.54, 1.807) is 42.5 Å². The summed E-state index contributed by atoms with van der Waals surface area (Å²) in [5.41, 5.74) is 0.801. The fraction of sp³-hybridized carbons (Fsp3) is 0.227. The Balaban J connectivity index is 2.11. The van der Waals surface area contributed by atoms with Gasteiger partial charge in [0.25, 0.3) is 11.8 Å². The summed E-state index contributed by atoms with van der Waals surface area (Å²) in [5, 5.41) is 0. The number of halogens is 1. The summed E-state index contributed by atoms with van der Waals surface area (Å²) in [6, 6.07) is 11.2. The van der Waals surface area contributed by atoms with E-state index >= 15 is 0 Å². The number of para-hydroxylation sites is 1. The Morgan fingerprint density at radius 2 is 1.68 bits per heavy atom. The molecule has 0 saturated carbocycles. The van der Waals surface area contributed by atoms with Gasteiger partial charge in [0, 0.05) is 7.11 Å². The van der Waals surface area contributed by atoms with E-state index in [1.165, 1.54) is 27.4 Å². The summed E-state index contributed by atoms with van der Waals surface area (Å²) in [4.78, 5) is 41.3. The zero-order chi connectivity index (χ0) is 22.5. The van der Waals surface area contributed by atoms with E-state index in [4.69, 9.17) is 14.2 Å². The molecule has 3 rings (SSSR count). The Morgan fingerprint density at radius 3 is 2.29 bits per heavy atom. The highest BCUT2D eigenvalue weighted by Crippen LogP contribution is 2.35. The topological polar surface area (TPSA) is 85.4 Å². The summed E-state index contributed by atoms with van der Waals surface area (Å²) in [5.74, 6) is -0.359. The SMILES string of the molecule is COCCN1C(=O)/C(=C/c2cc(I)c(OC)c(OC)c2)C(=O)N(c2ccccc2)C1=O. The van der Waals surface area contributed by atoms with Crippen LogP contribution in [0.5, 0.6) is 11.5 Å². The molecule has 1 heterocycles. The maximum absolute atomic E-state index is 13.2. The van der Waals surface area contributed by atoms with E-state index in [-0.39, 0.29) is 18.7 Å². The number of anilines is 1. The van der Waals surface area contributed by atoms with Crippen molar-refractivity contribution in [1.82, 2.24) is 4.90 Å². The molecule has 31 heavy (non-hydrogen) atoms. The molecule has 0 radical (unpaired) electrons. The standard InChI is InChI=1S/C22H21IN2O6/c1-29-10-9-24-20(26)16(11-14-12-17(23)19(31-3)18(13-14)30-2)21(27)25(22(24)28)15-7-5-4-6-8-15/h4-8,11-13H,9-10H2,1-3H3/b16-11-. The molecule has 1 aliphatic rings. The van der Waals surface area contributed by atoms with E-state index in [1.807, 2.05) is 0 Å². The normalized spacial score (nSPS) is 15.6. The predicted molar refractivity (Wildman–Crippen MR) is 123 cm³/mol. The van der Waals surface area contributed by atoms with Crippen molar-refractivity contribution < 1.29 is 28.6 Å². The minimum Gasteiger partial charge on any atom is -0.493 e. The molecule has 8 nitrogen and oxygen atoms in total. The first-order valence-electron chi connectivity index (χ1n) is 9.30. The summed E-state index contributed by atoms with van der Waals surface area (Å²) in [6.07, 6.45) is 1.46. The van der Waals surface area contributed by atoms with E-state index in [2.05, 4.69) is 22.6 Å². The molecule has 0 aromatic heterocycles. The molecule has 0 bridgehead atoms. The van der Waals surface area contributed by atoms with Gasteiger partial charge in [-0.2, -0.15) is 0 Å². The van der Waals surface area contributed by atoms with Crippen LogP contribution in [0.4, 0.5) is 10.5 Å². The fourth-order valence-corrected chi connectivity index (χ4v) is 3.99. The minimum absolute atomic E-state index is 0.0194. The number of barbiturate groups is 1. The van der Waals surface area contributed by atoms with Gasteiger partial charge in [0.1, 0.15) is 5.57 Å². The molecular formula is C22H21IN2O6. The quantitative estimate of drug-likeness (QED) is 0.307. The van der Waals surface area contributed by atoms with Crippen molar-refractivity contribution in [2.75, 3.05) is 39.4 Å². The Hall–Kier alpha value is -2.92. The Kier molecular flexibility index (Phi) is 7.29. The highest BCUT2D eigenvalue weighted by atomic mass is 127. The molecule has 1 aliphatic heterocycles. The second kappa shape index (κ2) is 9.92. The minimum atomic E-state index is -0.711. The predicted octanol–water partition coefficient (Wildman–Crippen LogP) is 3.33. The molecule has 1 fully saturated rings. The first-order chi connectivity index (χ1) is 14.9. The summed E-state index contributed by atoms with van der Waals surface area (Å²) >= 11 is 2.08. The summed E-state index contributed by atoms with van der Waals surface area (Å²) in [7, 11) is 4.51. The van der Waals surface area contributed by atoms with Crippen LogP contribution in [0, 0.1) is 3.57 Å². The van der Waals surface area contributed by atoms with Gasteiger partial charge >= 0.3 is 6.03 Å². The average Bonchev–Trinajstić information content (AvgIpc) is 2.77. The molecule has 0 atom stereocenters. The number of rotatable bonds is 7. The fourth-order valence-electron chi connectivity index (χ4n) is 3.15. The van der Waals surface area contributed by atoms with Crippen LogP contribution in [0.2, 0.25) is 0 Å². The smallest absolute Gasteiger partial charge is 0.338 e. The molecule has 4 amide bonds. The van der Waals surface area contributed by atoms with Crippen LogP contribution in [0.15, 0.2) is 48.0 Å². The van der Waals surface area contributed by atoms with Crippen LogP contribution in [0.3, 0.4) is 0 Å². The zero-order valence-electron chi connectivity index (χ0n) is 17.3. The number of benzene rings is 2. The van der Waals surface area contributed by atoms with Crippen LogP contribution >= 0.6 is 22.6 Å². The highest BCUT2D eigenvalue weighted by molar-refractivity contribution is 14.1. The van der Waals surface area contributed by atoms with Gasteiger partial charge in [0.2, 0.25) is 0 Å². The molecular weight excluding hydrogens is 515 g/mol. The monoisotopic (exact) mass is 536 g/mol. The van der Waals surface area contributed by atoms with Gasteiger partial charge in [-0.25, -0.2) is 9.69 Å². The van der Waals surface area contributed by atoms with Gasteiger partial charge in [0.15, 0.2) is 11.5 Å². The third-order valence-electron chi connectivity index (χ3n) is 4.63. The number of carbonyl (C=O) groups is 3. The number of imide groups is 2. The van der Waals surface area contributed by atoms with Gasteiger partial charge in [-0.1, -0.05) is 18.2 Å². The molecule has 2 aromatic carbocycles. The molecule has 162 valence electrons. The number of methoxy groups -OCH3 is 3. The third-order valence-corrected chi connectivity index (χ3v) is 5.43. The van der Waals surface area contributed by atoms with Crippen molar-refractivity contribution in [3.8, 4) is 11.5 Å². The van der Waals surface area contributed by atoms with E-state index in [9.17, 15) is 14.4 Å².